The number of esters is 2. The Morgan fingerprint density at radius 2 is 1.36 bits per heavy atom. The second kappa shape index (κ2) is 10.8. The third-order valence-corrected chi connectivity index (χ3v) is 9.12. The summed E-state index contributed by atoms with van der Waals surface area (Å²) in [6, 6.07) is 25.5. The van der Waals surface area contributed by atoms with E-state index in [9.17, 15) is 9.59 Å². The Labute approximate surface area is 247 Å². The second-order valence-corrected chi connectivity index (χ2v) is 11.7. The minimum atomic E-state index is -0.279. The molecule has 0 bridgehead atoms. The van der Waals surface area contributed by atoms with Crippen molar-refractivity contribution in [1.82, 2.24) is 0 Å². The Bertz CT molecular complexity index is 1780. The molecule has 0 aromatic heterocycles. The highest BCUT2D eigenvalue weighted by molar-refractivity contribution is 6.02. The Kier molecular flexibility index (Phi) is 6.78. The molecular formula is C38H34O4. The smallest absolute Gasteiger partial charge is 0.339 e. The van der Waals surface area contributed by atoms with Gasteiger partial charge < -0.3 is 9.47 Å². The molecule has 1 aliphatic carbocycles. The molecule has 0 fully saturated rings. The quantitative estimate of drug-likeness (QED) is 0.186. The maximum Gasteiger partial charge on any atom is 0.339 e. The van der Waals surface area contributed by atoms with Crippen molar-refractivity contribution >= 4 is 11.9 Å². The van der Waals surface area contributed by atoms with Crippen LogP contribution in [0.3, 0.4) is 0 Å². The van der Waals surface area contributed by atoms with Gasteiger partial charge in [-0.2, -0.15) is 0 Å². The predicted molar refractivity (Wildman–Crippen MR) is 165 cm³/mol. The van der Waals surface area contributed by atoms with Crippen LogP contribution in [0.5, 0.6) is 0 Å². The maximum absolute atomic E-state index is 13.2. The standard InChI is InChI=1S/C38H34O4/c1-3-25-17-30-18-27(10-9-26(30)15-23(25)2)31-19-29-12-14-42-38(40)36(29)34(22-31)32-20-28-11-13-41-37(39)35(28)33(21-32)16-24-7-5-4-6-8-24/h4-10,18-22H,3,11-17H2,1-2H3. The van der Waals surface area contributed by atoms with E-state index in [0.29, 0.717) is 43.6 Å². The molecule has 0 saturated carbocycles. The maximum atomic E-state index is 13.2. The van der Waals surface area contributed by atoms with Crippen LogP contribution < -0.4 is 0 Å². The van der Waals surface area contributed by atoms with E-state index in [1.807, 2.05) is 18.2 Å². The minimum Gasteiger partial charge on any atom is -0.462 e. The van der Waals surface area contributed by atoms with Crippen LogP contribution in [0.1, 0.15) is 74.4 Å². The lowest BCUT2D eigenvalue weighted by molar-refractivity contribution is 0.0470. The largest absolute Gasteiger partial charge is 0.462 e. The molecule has 4 aromatic carbocycles. The number of allylic oxidation sites excluding steroid dienone is 2. The van der Waals surface area contributed by atoms with E-state index in [-0.39, 0.29) is 11.9 Å². The Morgan fingerprint density at radius 1 is 0.667 bits per heavy atom. The van der Waals surface area contributed by atoms with Crippen molar-refractivity contribution in [2.75, 3.05) is 13.2 Å². The Balaban J connectivity index is 1.39. The molecule has 7 rings (SSSR count). The first kappa shape index (κ1) is 26.5. The van der Waals surface area contributed by atoms with Gasteiger partial charge in [0.25, 0.3) is 0 Å². The summed E-state index contributed by atoms with van der Waals surface area (Å²) < 4.78 is 11.0. The normalized spacial score (nSPS) is 15.9. The highest BCUT2D eigenvalue weighted by atomic mass is 16.5. The van der Waals surface area contributed by atoms with Gasteiger partial charge >= 0.3 is 11.9 Å². The van der Waals surface area contributed by atoms with Crippen molar-refractivity contribution < 1.29 is 19.1 Å². The van der Waals surface area contributed by atoms with Crippen molar-refractivity contribution in [2.45, 2.75) is 52.4 Å². The van der Waals surface area contributed by atoms with Gasteiger partial charge in [0, 0.05) is 12.8 Å². The van der Waals surface area contributed by atoms with Crippen molar-refractivity contribution in [1.29, 1.82) is 0 Å². The molecule has 4 aromatic rings. The molecule has 0 saturated heterocycles. The summed E-state index contributed by atoms with van der Waals surface area (Å²) in [4.78, 5) is 26.2. The average molecular weight is 555 g/mol. The topological polar surface area (TPSA) is 52.6 Å². The average Bonchev–Trinajstić information content (AvgIpc) is 3.00. The van der Waals surface area contributed by atoms with Crippen molar-refractivity contribution in [2.24, 2.45) is 0 Å². The van der Waals surface area contributed by atoms with Gasteiger partial charge in [-0.3, -0.25) is 0 Å². The van der Waals surface area contributed by atoms with Crippen molar-refractivity contribution in [3.05, 3.63) is 128 Å². The van der Waals surface area contributed by atoms with Crippen LogP contribution >= 0.6 is 0 Å². The van der Waals surface area contributed by atoms with Gasteiger partial charge in [0.05, 0.1) is 24.3 Å². The van der Waals surface area contributed by atoms with E-state index in [0.717, 1.165) is 63.8 Å². The molecule has 4 heteroatoms. The molecule has 0 radical (unpaired) electrons. The van der Waals surface area contributed by atoms with Gasteiger partial charge in [0.2, 0.25) is 0 Å². The Hall–Kier alpha value is -4.44. The lowest BCUT2D eigenvalue weighted by Crippen LogP contribution is -2.21. The molecule has 210 valence electrons. The summed E-state index contributed by atoms with van der Waals surface area (Å²) in [6.07, 6.45) is 5.04. The number of benzene rings is 4. The number of hydrogen-bond acceptors (Lipinski definition) is 4. The summed E-state index contributed by atoms with van der Waals surface area (Å²) >= 11 is 0. The van der Waals surface area contributed by atoms with Crippen LogP contribution in [-0.2, 0) is 41.6 Å². The summed E-state index contributed by atoms with van der Waals surface area (Å²) in [5, 5.41) is 0. The van der Waals surface area contributed by atoms with E-state index >= 15 is 0 Å². The Morgan fingerprint density at radius 3 is 2.12 bits per heavy atom. The zero-order valence-electron chi connectivity index (χ0n) is 24.2. The summed E-state index contributed by atoms with van der Waals surface area (Å²) in [5.41, 5.74) is 15.2. The molecule has 0 amide bonds. The number of hydrogen-bond donors (Lipinski definition) is 0. The van der Waals surface area contributed by atoms with E-state index in [1.165, 1.54) is 22.3 Å². The molecule has 4 nitrogen and oxygen atoms in total. The van der Waals surface area contributed by atoms with Crippen LogP contribution in [0.25, 0.3) is 22.3 Å². The van der Waals surface area contributed by atoms with Crippen LogP contribution in [0.15, 0.2) is 83.9 Å². The molecule has 0 unspecified atom stereocenters. The molecule has 42 heavy (non-hydrogen) atoms. The number of fused-ring (bicyclic) bond motifs is 3. The fourth-order valence-electron chi connectivity index (χ4n) is 6.88. The van der Waals surface area contributed by atoms with E-state index < -0.39 is 0 Å². The van der Waals surface area contributed by atoms with Crippen molar-refractivity contribution in [3.63, 3.8) is 0 Å². The van der Waals surface area contributed by atoms with Gasteiger partial charge in [-0.15, -0.1) is 0 Å². The van der Waals surface area contributed by atoms with Crippen LogP contribution in [0, 0.1) is 0 Å². The number of rotatable bonds is 5. The molecule has 0 atom stereocenters. The third-order valence-electron chi connectivity index (χ3n) is 9.12. The highest BCUT2D eigenvalue weighted by Gasteiger charge is 2.28. The van der Waals surface area contributed by atoms with Gasteiger partial charge in [-0.1, -0.05) is 78.7 Å². The second-order valence-electron chi connectivity index (χ2n) is 11.7. The zero-order chi connectivity index (χ0) is 28.8. The molecule has 2 heterocycles. The lowest BCUT2D eigenvalue weighted by atomic mass is 9.82. The summed E-state index contributed by atoms with van der Waals surface area (Å²) in [5.74, 6) is -0.549. The number of cyclic esters (lactones) is 2. The summed E-state index contributed by atoms with van der Waals surface area (Å²) in [6.45, 7) is 5.25. The lowest BCUT2D eigenvalue weighted by Gasteiger charge is -2.25. The van der Waals surface area contributed by atoms with Gasteiger partial charge in [-0.05, 0) is 100 Å². The van der Waals surface area contributed by atoms with Crippen LogP contribution in [-0.4, -0.2) is 25.2 Å². The van der Waals surface area contributed by atoms with Crippen LogP contribution in [0.2, 0.25) is 0 Å². The molecule has 0 N–H and O–H groups in total. The fraction of sp³-hybridized carbons (Fsp3) is 0.263. The first-order valence-corrected chi connectivity index (χ1v) is 15.0. The first-order valence-electron chi connectivity index (χ1n) is 15.0. The molecular weight excluding hydrogens is 520 g/mol. The number of carbonyl (C=O) groups is 2. The monoisotopic (exact) mass is 554 g/mol. The van der Waals surface area contributed by atoms with E-state index in [2.05, 4.69) is 68.4 Å². The molecule has 0 spiro atoms. The SMILES string of the molecule is CCC1=C(C)Cc2ccc(-c3cc4c(c(-c5cc6c(c(Cc7ccccc7)c5)C(=O)OCC6)c3)C(=O)OCC4)cc2C1. The number of carbonyl (C=O) groups excluding carboxylic acids is 2. The highest BCUT2D eigenvalue weighted by Crippen LogP contribution is 2.39. The number of ether oxygens (including phenoxy) is 2. The predicted octanol–water partition coefficient (Wildman–Crippen LogP) is 7.86. The third kappa shape index (κ3) is 4.75. The van der Waals surface area contributed by atoms with Gasteiger partial charge in [0.1, 0.15) is 0 Å². The molecule has 3 aliphatic rings. The minimum absolute atomic E-state index is 0.270. The van der Waals surface area contributed by atoms with Crippen molar-refractivity contribution in [3.8, 4) is 22.3 Å². The molecule has 2 aliphatic heterocycles. The summed E-state index contributed by atoms with van der Waals surface area (Å²) in [7, 11) is 0. The first-order chi connectivity index (χ1) is 20.5. The zero-order valence-corrected chi connectivity index (χ0v) is 24.2. The fourth-order valence-corrected chi connectivity index (χ4v) is 6.88. The van der Waals surface area contributed by atoms with E-state index in [4.69, 9.17) is 9.47 Å². The van der Waals surface area contributed by atoms with E-state index in [1.54, 1.807) is 0 Å². The van der Waals surface area contributed by atoms with Gasteiger partial charge in [0.15, 0.2) is 0 Å². The van der Waals surface area contributed by atoms with Gasteiger partial charge in [-0.25, -0.2) is 9.59 Å². The van der Waals surface area contributed by atoms with Crippen LogP contribution in [0.4, 0.5) is 0 Å².